The molecule has 0 spiro atoms. The average Bonchev–Trinajstić information content (AvgIpc) is 2.70. The van der Waals surface area contributed by atoms with Crippen molar-refractivity contribution in [3.8, 4) is 0 Å². The Morgan fingerprint density at radius 3 is 2.89 bits per heavy atom. The third-order valence-corrected chi connectivity index (χ3v) is 3.59. The van der Waals surface area contributed by atoms with Gasteiger partial charge in [0, 0.05) is 18.0 Å². The van der Waals surface area contributed by atoms with Crippen LogP contribution in [0.5, 0.6) is 0 Å². The lowest BCUT2D eigenvalue weighted by molar-refractivity contribution is 0.534. The van der Waals surface area contributed by atoms with Gasteiger partial charge in [-0.05, 0) is 25.5 Å². The first-order valence-electron chi connectivity index (χ1n) is 5.48. The first-order valence-corrected chi connectivity index (χ1v) is 6.84. The number of rotatable bonds is 4. The van der Waals surface area contributed by atoms with Crippen molar-refractivity contribution in [1.82, 2.24) is 19.7 Å². The minimum Gasteiger partial charge on any atom is -0.268 e. The number of nitrogens with zero attached hydrogens (tertiary/aromatic N) is 3. The lowest BCUT2D eigenvalue weighted by Gasteiger charge is -2.08. The van der Waals surface area contributed by atoms with Gasteiger partial charge in [0.05, 0.1) is 0 Å². The van der Waals surface area contributed by atoms with Gasteiger partial charge >= 0.3 is 5.69 Å². The molecular formula is C11H13ClN4OS. The molecule has 0 aliphatic carbocycles. The van der Waals surface area contributed by atoms with Gasteiger partial charge in [0.25, 0.3) is 0 Å². The minimum atomic E-state index is -0.179. The molecule has 0 saturated heterocycles. The molecule has 0 amide bonds. The van der Waals surface area contributed by atoms with Crippen LogP contribution in [-0.2, 0) is 5.75 Å². The van der Waals surface area contributed by atoms with E-state index in [1.165, 1.54) is 11.8 Å². The number of hydrogen-bond acceptors (Lipinski definition) is 4. The lowest BCUT2D eigenvalue weighted by Crippen LogP contribution is -2.19. The number of aromatic nitrogens is 4. The summed E-state index contributed by atoms with van der Waals surface area (Å²) in [5.74, 6) is 0.696. The highest BCUT2D eigenvalue weighted by Crippen LogP contribution is 2.21. The van der Waals surface area contributed by atoms with Crippen molar-refractivity contribution >= 4 is 23.4 Å². The van der Waals surface area contributed by atoms with E-state index < -0.39 is 0 Å². The van der Waals surface area contributed by atoms with Crippen LogP contribution < -0.4 is 5.69 Å². The highest BCUT2D eigenvalue weighted by molar-refractivity contribution is 7.98. The Morgan fingerprint density at radius 2 is 2.28 bits per heavy atom. The predicted octanol–water partition coefficient (Wildman–Crippen LogP) is 2.49. The van der Waals surface area contributed by atoms with Crippen LogP contribution in [0.15, 0.2) is 28.3 Å². The quantitative estimate of drug-likeness (QED) is 0.692. The highest BCUT2D eigenvalue weighted by atomic mass is 35.5. The molecule has 0 aromatic carbocycles. The topological polar surface area (TPSA) is 63.6 Å². The van der Waals surface area contributed by atoms with Crippen LogP contribution in [0.1, 0.15) is 25.5 Å². The number of nitrogens with one attached hydrogen (secondary N) is 1. The zero-order valence-corrected chi connectivity index (χ0v) is 11.6. The van der Waals surface area contributed by atoms with E-state index in [1.54, 1.807) is 16.8 Å². The standard InChI is InChI=1S/C11H13ClN4OS/c1-7(2)16-10(17)14-15-11(16)18-6-8-3-4-9(12)13-5-8/h3-5,7H,6H2,1-2H3,(H,14,17). The summed E-state index contributed by atoms with van der Waals surface area (Å²) in [7, 11) is 0. The van der Waals surface area contributed by atoms with Crippen LogP contribution in [0.2, 0.25) is 5.15 Å². The molecule has 7 heteroatoms. The number of hydrogen-bond donors (Lipinski definition) is 1. The average molecular weight is 285 g/mol. The number of halogens is 1. The Morgan fingerprint density at radius 1 is 1.50 bits per heavy atom. The smallest absolute Gasteiger partial charge is 0.268 e. The second-order valence-electron chi connectivity index (χ2n) is 4.05. The predicted molar refractivity (Wildman–Crippen MR) is 72.0 cm³/mol. The fraction of sp³-hybridized carbons (Fsp3) is 0.364. The van der Waals surface area contributed by atoms with Crippen molar-refractivity contribution in [2.24, 2.45) is 0 Å². The highest BCUT2D eigenvalue weighted by Gasteiger charge is 2.11. The molecule has 96 valence electrons. The molecule has 2 aromatic rings. The summed E-state index contributed by atoms with van der Waals surface area (Å²) in [6.07, 6.45) is 1.72. The van der Waals surface area contributed by atoms with Gasteiger partial charge in [0.1, 0.15) is 5.15 Å². The summed E-state index contributed by atoms with van der Waals surface area (Å²) in [6.45, 7) is 3.90. The number of thioether (sulfide) groups is 1. The van der Waals surface area contributed by atoms with Crippen molar-refractivity contribution < 1.29 is 0 Å². The molecule has 1 N–H and O–H groups in total. The van der Waals surface area contributed by atoms with Crippen LogP contribution >= 0.6 is 23.4 Å². The van der Waals surface area contributed by atoms with Crippen molar-refractivity contribution in [2.75, 3.05) is 0 Å². The third-order valence-electron chi connectivity index (χ3n) is 2.35. The SMILES string of the molecule is CC(C)n1c(SCc2ccc(Cl)nc2)n[nH]c1=O. The van der Waals surface area contributed by atoms with E-state index in [-0.39, 0.29) is 11.7 Å². The Labute approximate surface area is 114 Å². The summed E-state index contributed by atoms with van der Waals surface area (Å²) in [6, 6.07) is 3.74. The lowest BCUT2D eigenvalue weighted by atomic mass is 10.3. The molecule has 0 radical (unpaired) electrons. The van der Waals surface area contributed by atoms with E-state index in [1.807, 2.05) is 19.9 Å². The van der Waals surface area contributed by atoms with Crippen LogP contribution in [0.3, 0.4) is 0 Å². The maximum Gasteiger partial charge on any atom is 0.344 e. The molecule has 5 nitrogen and oxygen atoms in total. The number of H-pyrrole nitrogens is 1. The summed E-state index contributed by atoms with van der Waals surface area (Å²) in [5, 5.41) is 7.64. The van der Waals surface area contributed by atoms with Gasteiger partial charge in [-0.1, -0.05) is 29.4 Å². The van der Waals surface area contributed by atoms with E-state index in [2.05, 4.69) is 15.2 Å². The van der Waals surface area contributed by atoms with Crippen LogP contribution in [-0.4, -0.2) is 19.7 Å². The summed E-state index contributed by atoms with van der Waals surface area (Å²) in [4.78, 5) is 15.5. The molecule has 0 saturated carbocycles. The molecule has 2 heterocycles. The fourth-order valence-corrected chi connectivity index (χ4v) is 2.61. The Bertz CT molecular complexity index is 575. The normalized spacial score (nSPS) is 11.1. The van der Waals surface area contributed by atoms with E-state index >= 15 is 0 Å². The van der Waals surface area contributed by atoms with Gasteiger partial charge in [-0.2, -0.15) is 0 Å². The molecule has 0 unspecified atom stereocenters. The van der Waals surface area contributed by atoms with Crippen molar-refractivity contribution in [1.29, 1.82) is 0 Å². The molecule has 18 heavy (non-hydrogen) atoms. The Hall–Kier alpha value is -1.27. The molecular weight excluding hydrogens is 272 g/mol. The van der Waals surface area contributed by atoms with Crippen molar-refractivity contribution in [3.63, 3.8) is 0 Å². The van der Waals surface area contributed by atoms with Gasteiger partial charge in [0.2, 0.25) is 0 Å². The van der Waals surface area contributed by atoms with Crippen LogP contribution in [0.25, 0.3) is 0 Å². The zero-order valence-electron chi connectivity index (χ0n) is 10.1. The van der Waals surface area contributed by atoms with E-state index in [0.717, 1.165) is 5.56 Å². The Kier molecular flexibility index (Phi) is 4.08. The van der Waals surface area contributed by atoms with Crippen molar-refractivity contribution in [2.45, 2.75) is 30.8 Å². The molecule has 0 aliphatic rings. The zero-order chi connectivity index (χ0) is 13.1. The molecule has 2 aromatic heterocycles. The summed E-state index contributed by atoms with van der Waals surface area (Å²) >= 11 is 7.21. The minimum absolute atomic E-state index is 0.0853. The monoisotopic (exact) mass is 284 g/mol. The van der Waals surface area contributed by atoms with Crippen LogP contribution in [0, 0.1) is 0 Å². The third kappa shape index (κ3) is 2.94. The summed E-state index contributed by atoms with van der Waals surface area (Å²) < 4.78 is 1.63. The second-order valence-corrected chi connectivity index (χ2v) is 5.38. The summed E-state index contributed by atoms with van der Waals surface area (Å²) in [5.41, 5.74) is 0.858. The number of aromatic amines is 1. The number of pyridine rings is 1. The molecule has 0 aliphatic heterocycles. The molecule has 0 atom stereocenters. The molecule has 2 rings (SSSR count). The van der Waals surface area contributed by atoms with Gasteiger partial charge in [-0.15, -0.1) is 5.10 Å². The van der Waals surface area contributed by atoms with E-state index in [4.69, 9.17) is 11.6 Å². The van der Waals surface area contributed by atoms with Gasteiger partial charge < -0.3 is 0 Å². The maximum absolute atomic E-state index is 11.5. The first kappa shape index (κ1) is 13.2. The Balaban J connectivity index is 2.11. The van der Waals surface area contributed by atoms with Crippen LogP contribution in [0.4, 0.5) is 0 Å². The van der Waals surface area contributed by atoms with Gasteiger partial charge in [-0.25, -0.2) is 14.9 Å². The molecule has 0 fully saturated rings. The largest absolute Gasteiger partial charge is 0.344 e. The van der Waals surface area contributed by atoms with E-state index in [0.29, 0.717) is 16.1 Å². The fourth-order valence-electron chi connectivity index (χ4n) is 1.49. The molecule has 0 bridgehead atoms. The maximum atomic E-state index is 11.5. The van der Waals surface area contributed by atoms with E-state index in [9.17, 15) is 4.79 Å². The van der Waals surface area contributed by atoms with Gasteiger partial charge in [-0.3, -0.25) is 4.57 Å². The van der Waals surface area contributed by atoms with Crippen molar-refractivity contribution in [3.05, 3.63) is 39.5 Å². The van der Waals surface area contributed by atoms with Gasteiger partial charge in [0.15, 0.2) is 5.16 Å². The first-order chi connectivity index (χ1) is 8.58. The second kappa shape index (κ2) is 5.58.